The molecule has 2 aromatic carbocycles. The summed E-state index contributed by atoms with van der Waals surface area (Å²) in [5.74, 6) is 0. The van der Waals surface area contributed by atoms with Crippen LogP contribution in [0.5, 0.6) is 0 Å². The van der Waals surface area contributed by atoms with Crippen LogP contribution in [0.25, 0.3) is 16.8 Å². The van der Waals surface area contributed by atoms with Crippen LogP contribution in [0.4, 0.5) is 0 Å². The molecular weight excluding hydrogens is 234 g/mol. The van der Waals surface area contributed by atoms with Crippen molar-refractivity contribution in [1.82, 2.24) is 4.98 Å². The van der Waals surface area contributed by atoms with Crippen molar-refractivity contribution in [3.05, 3.63) is 78.3 Å². The molecule has 4 rings (SSSR count). The molecule has 2 heteroatoms. The average molecular weight is 249 g/mol. The minimum Gasteiger partial charge on any atom is -0.496 e. The molecular formula is C17H15NO. The summed E-state index contributed by atoms with van der Waals surface area (Å²) >= 11 is 0. The highest BCUT2D eigenvalue weighted by molar-refractivity contribution is 5.81. The molecule has 0 aliphatic carbocycles. The van der Waals surface area contributed by atoms with Gasteiger partial charge >= 0.3 is 0 Å². The predicted octanol–water partition coefficient (Wildman–Crippen LogP) is 4.36. The second-order valence-electron chi connectivity index (χ2n) is 4.40. The van der Waals surface area contributed by atoms with Crippen LogP contribution in [-0.2, 0) is 11.3 Å². The van der Waals surface area contributed by atoms with Gasteiger partial charge < -0.3 is 9.72 Å². The van der Waals surface area contributed by atoms with E-state index < -0.39 is 0 Å². The lowest BCUT2D eigenvalue weighted by Gasteiger charge is -2.09. The molecule has 2 heterocycles. The Labute approximate surface area is 112 Å². The van der Waals surface area contributed by atoms with E-state index in [4.69, 9.17) is 4.74 Å². The molecule has 19 heavy (non-hydrogen) atoms. The third kappa shape index (κ3) is 2.68. The molecule has 1 aliphatic rings. The smallest absolute Gasteiger partial charge is 0.113 e. The van der Waals surface area contributed by atoms with Gasteiger partial charge in [-0.15, -0.1) is 0 Å². The van der Waals surface area contributed by atoms with E-state index in [0.717, 1.165) is 0 Å². The van der Waals surface area contributed by atoms with E-state index >= 15 is 0 Å². The highest BCUT2D eigenvalue weighted by atomic mass is 16.5. The van der Waals surface area contributed by atoms with Crippen LogP contribution in [0, 0.1) is 0 Å². The van der Waals surface area contributed by atoms with Gasteiger partial charge in [0.1, 0.15) is 6.61 Å². The highest BCUT2D eigenvalue weighted by Gasteiger charge is 2.01. The molecule has 0 saturated carbocycles. The van der Waals surface area contributed by atoms with E-state index in [2.05, 4.69) is 29.2 Å². The molecule has 0 bridgehead atoms. The van der Waals surface area contributed by atoms with E-state index in [0.29, 0.717) is 6.61 Å². The maximum absolute atomic E-state index is 5.12. The van der Waals surface area contributed by atoms with Crippen LogP contribution < -0.4 is 0 Å². The van der Waals surface area contributed by atoms with Crippen molar-refractivity contribution in [3.8, 4) is 0 Å². The molecule has 0 spiro atoms. The van der Waals surface area contributed by atoms with Gasteiger partial charge in [0.15, 0.2) is 0 Å². The number of H-pyrrole nitrogens is 1. The number of aromatic amines is 1. The fourth-order valence-corrected chi connectivity index (χ4v) is 2.08. The average Bonchev–Trinajstić information content (AvgIpc) is 2.96. The number of rotatable bonds is 0. The van der Waals surface area contributed by atoms with Crippen LogP contribution in [0.15, 0.2) is 67.2 Å². The molecule has 0 radical (unpaired) electrons. The predicted molar refractivity (Wildman–Crippen MR) is 78.6 cm³/mol. The Morgan fingerprint density at radius 3 is 2.26 bits per heavy atom. The van der Waals surface area contributed by atoms with Crippen LogP contribution in [-0.4, -0.2) is 4.98 Å². The van der Waals surface area contributed by atoms with Crippen molar-refractivity contribution < 1.29 is 4.74 Å². The van der Waals surface area contributed by atoms with Crippen molar-refractivity contribution >= 4 is 16.8 Å². The summed E-state index contributed by atoms with van der Waals surface area (Å²) in [7, 11) is 0. The first kappa shape index (κ1) is 11.6. The summed E-state index contributed by atoms with van der Waals surface area (Å²) in [4.78, 5) is 3.04. The minimum atomic E-state index is 0.715. The maximum atomic E-state index is 5.12. The molecule has 0 unspecified atom stereocenters. The number of benzene rings is 2. The highest BCUT2D eigenvalue weighted by Crippen LogP contribution is 2.15. The maximum Gasteiger partial charge on any atom is 0.113 e. The molecule has 94 valence electrons. The molecule has 0 atom stereocenters. The van der Waals surface area contributed by atoms with Gasteiger partial charge in [-0.05, 0) is 28.0 Å². The monoisotopic (exact) mass is 249 g/mol. The van der Waals surface area contributed by atoms with Crippen molar-refractivity contribution in [2.24, 2.45) is 0 Å². The molecule has 1 aromatic heterocycles. The zero-order valence-electron chi connectivity index (χ0n) is 10.5. The van der Waals surface area contributed by atoms with Gasteiger partial charge in [0.25, 0.3) is 0 Å². The van der Waals surface area contributed by atoms with Gasteiger partial charge in [0.2, 0.25) is 0 Å². The van der Waals surface area contributed by atoms with E-state index in [1.807, 2.05) is 42.7 Å². The molecule has 0 amide bonds. The lowest BCUT2D eigenvalue weighted by Crippen LogP contribution is -1.94. The Balaban J connectivity index is 0.000000117. The Morgan fingerprint density at radius 2 is 1.53 bits per heavy atom. The summed E-state index contributed by atoms with van der Waals surface area (Å²) in [5, 5.41) is 2.55. The Bertz CT molecular complexity index is 667. The SMILES string of the molecule is C1=Cc2ccccc2CO1.c1ccc2c[nH]cc2c1. The zero-order chi connectivity index (χ0) is 12.9. The van der Waals surface area contributed by atoms with Crippen molar-refractivity contribution in [3.63, 3.8) is 0 Å². The van der Waals surface area contributed by atoms with Gasteiger partial charge in [0, 0.05) is 12.4 Å². The Kier molecular flexibility index (Phi) is 3.32. The topological polar surface area (TPSA) is 25.0 Å². The number of nitrogens with one attached hydrogen (secondary N) is 1. The van der Waals surface area contributed by atoms with Gasteiger partial charge in [-0.25, -0.2) is 0 Å². The fourth-order valence-electron chi connectivity index (χ4n) is 2.08. The first-order valence-electron chi connectivity index (χ1n) is 6.31. The third-order valence-corrected chi connectivity index (χ3v) is 3.11. The van der Waals surface area contributed by atoms with Gasteiger partial charge in [-0.3, -0.25) is 0 Å². The number of hydrogen-bond acceptors (Lipinski definition) is 1. The molecule has 1 aliphatic heterocycles. The number of aromatic nitrogens is 1. The minimum absolute atomic E-state index is 0.715. The third-order valence-electron chi connectivity index (χ3n) is 3.11. The molecule has 0 fully saturated rings. The molecule has 2 nitrogen and oxygen atoms in total. The van der Waals surface area contributed by atoms with E-state index in [9.17, 15) is 0 Å². The summed E-state index contributed by atoms with van der Waals surface area (Å²) in [6.45, 7) is 0.715. The largest absolute Gasteiger partial charge is 0.496 e. The van der Waals surface area contributed by atoms with Gasteiger partial charge in [0.05, 0.1) is 6.26 Å². The molecule has 0 saturated heterocycles. The number of hydrogen-bond donors (Lipinski definition) is 1. The van der Waals surface area contributed by atoms with E-state index in [-0.39, 0.29) is 0 Å². The van der Waals surface area contributed by atoms with Crippen molar-refractivity contribution in [1.29, 1.82) is 0 Å². The van der Waals surface area contributed by atoms with Crippen LogP contribution in [0.3, 0.4) is 0 Å². The van der Waals surface area contributed by atoms with Crippen LogP contribution >= 0.6 is 0 Å². The normalized spacial score (nSPS) is 12.2. The van der Waals surface area contributed by atoms with E-state index in [1.165, 1.54) is 21.9 Å². The Morgan fingerprint density at radius 1 is 0.842 bits per heavy atom. The summed E-state index contributed by atoms with van der Waals surface area (Å²) in [5.41, 5.74) is 2.54. The summed E-state index contributed by atoms with van der Waals surface area (Å²) in [6.07, 6.45) is 7.71. The number of ether oxygens (including phenoxy) is 1. The standard InChI is InChI=1S/C9H8O.C8H7N/c1-2-4-9-7-10-6-5-8(9)3-1;1-2-4-8-6-9-5-7(8)3-1/h1-6H,7H2;1-6,9H. The van der Waals surface area contributed by atoms with Crippen LogP contribution in [0.2, 0.25) is 0 Å². The molecule has 1 N–H and O–H groups in total. The van der Waals surface area contributed by atoms with Crippen molar-refractivity contribution in [2.45, 2.75) is 6.61 Å². The van der Waals surface area contributed by atoms with Crippen LogP contribution in [0.1, 0.15) is 11.1 Å². The number of fused-ring (bicyclic) bond motifs is 2. The van der Waals surface area contributed by atoms with Gasteiger partial charge in [-0.2, -0.15) is 0 Å². The fraction of sp³-hybridized carbons (Fsp3) is 0.0588. The quantitative estimate of drug-likeness (QED) is 0.629. The lowest BCUT2D eigenvalue weighted by molar-refractivity contribution is 0.234. The van der Waals surface area contributed by atoms with E-state index in [1.54, 1.807) is 6.26 Å². The first-order chi connectivity index (χ1) is 9.43. The Hall–Kier alpha value is -2.48. The second kappa shape index (κ2) is 5.44. The first-order valence-corrected chi connectivity index (χ1v) is 6.31. The second-order valence-corrected chi connectivity index (χ2v) is 4.40. The summed E-state index contributed by atoms with van der Waals surface area (Å²) in [6, 6.07) is 16.5. The lowest BCUT2D eigenvalue weighted by atomic mass is 10.1. The van der Waals surface area contributed by atoms with Crippen molar-refractivity contribution in [2.75, 3.05) is 0 Å². The molecule has 3 aromatic rings. The summed E-state index contributed by atoms with van der Waals surface area (Å²) < 4.78 is 5.12. The van der Waals surface area contributed by atoms with Gasteiger partial charge in [-0.1, -0.05) is 48.5 Å². The zero-order valence-corrected chi connectivity index (χ0v) is 10.5.